The maximum atomic E-state index is 7.07. The topological polar surface area (TPSA) is 18.5 Å². The molecule has 0 amide bonds. The minimum Gasteiger partial charge on any atom is -0.490 e. The summed E-state index contributed by atoms with van der Waals surface area (Å²) in [6.45, 7) is 5.97. The first kappa shape index (κ1) is 49.9. The van der Waals surface area contributed by atoms with Crippen molar-refractivity contribution in [3.05, 3.63) is 130 Å². The normalized spacial score (nSPS) is 12.6. The molecular formula is C72H70Br2O2. The number of ether oxygens (including phenoxy) is 2. The van der Waals surface area contributed by atoms with Crippen molar-refractivity contribution in [2.45, 2.75) is 142 Å². The van der Waals surface area contributed by atoms with Crippen LogP contribution in [0.5, 0.6) is 11.5 Å². The second-order valence-corrected chi connectivity index (χ2v) is 24.1. The molecule has 0 N–H and O–H groups in total. The van der Waals surface area contributed by atoms with Crippen LogP contribution >= 0.6 is 31.9 Å². The summed E-state index contributed by atoms with van der Waals surface area (Å²) in [4.78, 5) is 0. The smallest absolute Gasteiger partial charge is 0.161 e. The monoisotopic (exact) mass is 1120 g/mol. The van der Waals surface area contributed by atoms with E-state index in [2.05, 4.69) is 167 Å². The van der Waals surface area contributed by atoms with Crippen molar-refractivity contribution in [1.29, 1.82) is 0 Å². The van der Waals surface area contributed by atoms with Crippen LogP contribution in [0.4, 0.5) is 0 Å². The first-order valence-electron chi connectivity index (χ1n) is 29.4. The Hall–Kier alpha value is -5.68. The first-order valence-corrected chi connectivity index (χ1v) is 31.0. The molecule has 2 nitrogen and oxygen atoms in total. The highest BCUT2D eigenvalue weighted by Gasteiger charge is 2.31. The van der Waals surface area contributed by atoms with E-state index in [1.54, 1.807) is 0 Å². The van der Waals surface area contributed by atoms with E-state index in [0.717, 1.165) is 33.3 Å². The van der Waals surface area contributed by atoms with Crippen LogP contribution in [0.25, 0.3) is 129 Å². The molecule has 4 heteroatoms. The second kappa shape index (κ2) is 21.6. The summed E-state index contributed by atoms with van der Waals surface area (Å²) in [5.74, 6) is 1.75. The van der Waals surface area contributed by atoms with Gasteiger partial charge < -0.3 is 9.47 Å². The Morgan fingerprint density at radius 1 is 0.250 bits per heavy atom. The standard InChI is InChI=1S/C72H70Br2O2/c1-3-5-7-9-11-13-15-17-19-29-39-75-59-43-55-56(44-60(59)76-40-30-20-18-16-14-12-10-8-6-4-2)66-52-38-28-24-34-48(52)62-46-32-22-26-36-50(46)64-54-42-58(74)57(73)41-53(54)63-49-35-25-21-31-45(49)61-47-33-23-27-37-51(47)65(55)71-67(61)69(63)70(64)68(62)72(66)71/h21-28,31-38,41-44H,3-20,29-30,39-40H2,1-2H3. The highest BCUT2D eigenvalue weighted by atomic mass is 79.9. The third kappa shape index (κ3) is 8.37. The largest absolute Gasteiger partial charge is 0.490 e. The van der Waals surface area contributed by atoms with Crippen LogP contribution in [0.1, 0.15) is 142 Å². The molecule has 0 radical (unpaired) electrons. The lowest BCUT2D eigenvalue weighted by Crippen LogP contribution is -2.04. The number of halogens is 2. The van der Waals surface area contributed by atoms with E-state index in [1.807, 2.05) is 0 Å². The van der Waals surface area contributed by atoms with Crippen LogP contribution in [0.3, 0.4) is 0 Å². The van der Waals surface area contributed by atoms with Crippen LogP contribution in [0, 0.1) is 0 Å². The van der Waals surface area contributed by atoms with Crippen LogP contribution < -0.4 is 9.47 Å². The van der Waals surface area contributed by atoms with Crippen molar-refractivity contribution in [2.75, 3.05) is 13.2 Å². The van der Waals surface area contributed by atoms with Gasteiger partial charge in [0.2, 0.25) is 0 Å². The lowest BCUT2D eigenvalue weighted by atomic mass is 9.74. The number of hydrogen-bond acceptors (Lipinski definition) is 2. The highest BCUT2D eigenvalue weighted by molar-refractivity contribution is 9.13. The van der Waals surface area contributed by atoms with Gasteiger partial charge in [0.25, 0.3) is 0 Å². The van der Waals surface area contributed by atoms with Gasteiger partial charge in [-0.15, -0.1) is 0 Å². The van der Waals surface area contributed by atoms with E-state index in [9.17, 15) is 0 Å². The maximum Gasteiger partial charge on any atom is 0.161 e. The maximum absolute atomic E-state index is 7.07. The van der Waals surface area contributed by atoms with Gasteiger partial charge in [0.05, 0.1) is 13.2 Å². The Morgan fingerprint density at radius 3 is 0.711 bits per heavy atom. The number of hydrogen-bond donors (Lipinski definition) is 0. The average Bonchev–Trinajstić information content (AvgIpc) is 3.51. The van der Waals surface area contributed by atoms with Crippen molar-refractivity contribution in [3.63, 3.8) is 0 Å². The third-order valence-corrected chi connectivity index (χ3v) is 19.4. The number of unbranched alkanes of at least 4 members (excludes halogenated alkanes) is 18. The summed E-state index contributed by atoms with van der Waals surface area (Å²) in [6, 6.07) is 46.6. The van der Waals surface area contributed by atoms with E-state index in [-0.39, 0.29) is 0 Å². The molecule has 0 bridgehead atoms. The molecule has 0 heterocycles. The zero-order valence-corrected chi connectivity index (χ0v) is 47.8. The lowest BCUT2D eigenvalue weighted by molar-refractivity contribution is 0.259. The van der Waals surface area contributed by atoms with E-state index >= 15 is 0 Å². The fourth-order valence-corrected chi connectivity index (χ4v) is 14.8. The summed E-state index contributed by atoms with van der Waals surface area (Å²) in [7, 11) is 0. The Kier molecular flexibility index (Phi) is 14.2. The van der Waals surface area contributed by atoms with Crippen molar-refractivity contribution >= 4 is 161 Å². The molecule has 0 spiro atoms. The van der Waals surface area contributed by atoms with Gasteiger partial charge in [0.1, 0.15) is 0 Å². The van der Waals surface area contributed by atoms with Crippen LogP contribution in [-0.4, -0.2) is 13.2 Å². The Labute approximate surface area is 464 Å². The SMILES string of the molecule is CCCCCCCCCCCCOc1cc2c(cc1OCCCCCCCCCCCC)c1c3ccccc3c3c4ccccc4c4c5cc(Br)c(Br)cc5c5c6ccccc6c6c7ccccc7c2c2c6c5c4c3c12. The molecular weight excluding hydrogens is 1060 g/mol. The van der Waals surface area contributed by atoms with E-state index in [1.165, 1.54) is 245 Å². The summed E-state index contributed by atoms with van der Waals surface area (Å²) in [5, 5.41) is 31.6. The summed E-state index contributed by atoms with van der Waals surface area (Å²) in [6.07, 6.45) is 25.9. The van der Waals surface area contributed by atoms with Crippen LogP contribution in [0.15, 0.2) is 130 Å². The van der Waals surface area contributed by atoms with Crippen molar-refractivity contribution in [2.24, 2.45) is 0 Å². The molecule has 0 atom stereocenters. The van der Waals surface area contributed by atoms with Crippen LogP contribution in [0.2, 0.25) is 0 Å². The zero-order valence-electron chi connectivity index (χ0n) is 44.7. The Bertz CT molecular complexity index is 3970. The number of rotatable bonds is 24. The minimum atomic E-state index is 0.684. The Morgan fingerprint density at radius 2 is 0.461 bits per heavy atom. The van der Waals surface area contributed by atoms with Gasteiger partial charge in [-0.1, -0.05) is 226 Å². The predicted octanol–water partition coefficient (Wildman–Crippen LogP) is 24.0. The van der Waals surface area contributed by atoms with Crippen molar-refractivity contribution in [1.82, 2.24) is 0 Å². The molecule has 0 saturated carbocycles. The molecule has 0 saturated heterocycles. The van der Waals surface area contributed by atoms with E-state index < -0.39 is 0 Å². The molecule has 13 rings (SSSR count). The summed E-state index contributed by atoms with van der Waals surface area (Å²) < 4.78 is 16.3. The second-order valence-electron chi connectivity index (χ2n) is 22.4. The first-order chi connectivity index (χ1) is 37.6. The summed E-state index contributed by atoms with van der Waals surface area (Å²) in [5.41, 5.74) is 0. The van der Waals surface area contributed by atoms with Gasteiger partial charge in [-0.05, 0) is 198 Å². The zero-order chi connectivity index (χ0) is 51.3. The molecule has 0 unspecified atom stereocenters. The molecule has 13 aromatic rings. The van der Waals surface area contributed by atoms with Crippen LogP contribution in [-0.2, 0) is 0 Å². The van der Waals surface area contributed by atoms with E-state index in [4.69, 9.17) is 9.47 Å². The predicted molar refractivity (Wildman–Crippen MR) is 340 cm³/mol. The molecule has 0 aliphatic rings. The van der Waals surface area contributed by atoms with Gasteiger partial charge in [-0.3, -0.25) is 0 Å². The number of benzene rings is 13. The molecule has 0 fully saturated rings. The molecule has 0 aliphatic carbocycles. The molecule has 76 heavy (non-hydrogen) atoms. The van der Waals surface area contributed by atoms with Gasteiger partial charge in [-0.2, -0.15) is 0 Å². The van der Waals surface area contributed by atoms with Gasteiger partial charge in [0, 0.05) is 8.95 Å². The fraction of sp³-hybridized carbons (Fsp3) is 0.333. The fourth-order valence-electron chi connectivity index (χ4n) is 14.1. The van der Waals surface area contributed by atoms with Crippen molar-refractivity contribution in [3.8, 4) is 11.5 Å². The van der Waals surface area contributed by atoms with Gasteiger partial charge in [0.15, 0.2) is 11.5 Å². The summed E-state index contributed by atoms with van der Waals surface area (Å²) >= 11 is 8.03. The van der Waals surface area contributed by atoms with Crippen molar-refractivity contribution < 1.29 is 9.47 Å². The quantitative estimate of drug-likeness (QED) is 0.0341. The highest BCUT2D eigenvalue weighted by Crippen LogP contribution is 2.60. The Balaban J connectivity index is 1.07. The average molecular weight is 1130 g/mol. The molecule has 0 aliphatic heterocycles. The minimum absolute atomic E-state index is 0.684. The van der Waals surface area contributed by atoms with Gasteiger partial charge in [-0.25, -0.2) is 0 Å². The molecule has 0 aromatic heterocycles. The van der Waals surface area contributed by atoms with Gasteiger partial charge >= 0.3 is 0 Å². The van der Waals surface area contributed by atoms with E-state index in [0.29, 0.717) is 13.2 Å². The number of fused-ring (bicyclic) bond motifs is 18. The molecule has 13 aromatic carbocycles. The third-order valence-electron chi connectivity index (χ3n) is 17.6. The molecule has 384 valence electrons. The lowest BCUT2D eigenvalue weighted by Gasteiger charge is -2.28.